The molecule has 4 atom stereocenters. The van der Waals surface area contributed by atoms with Gasteiger partial charge in [-0.3, -0.25) is 0 Å². The number of benzene rings is 1. The van der Waals surface area contributed by atoms with E-state index < -0.39 is 75.3 Å². The van der Waals surface area contributed by atoms with Gasteiger partial charge >= 0.3 is 205 Å². The van der Waals surface area contributed by atoms with Gasteiger partial charge in [0.25, 0.3) is 0 Å². The second-order valence-corrected chi connectivity index (χ2v) is 11.9. The van der Waals surface area contributed by atoms with Crippen LogP contribution in [0.1, 0.15) is 61.4 Å². The SMILES string of the molecule is B=C1C(C(N)=O)=C(O)[C@@H](N(C)C)[C@@H]2C[C@@H]3Cc4c(F)cc(NC(=O)CNCCCCCCC)c(O)c4C(=O)C3=C(O)[C@]12O. The number of aliphatic hydroxyl groups is 3. The van der Waals surface area contributed by atoms with Crippen molar-refractivity contribution in [3.05, 3.63) is 45.7 Å². The fourth-order valence-electron chi connectivity index (χ4n) is 6.78. The molecule has 4 rings (SSSR count). The number of anilines is 1. The Balaban J connectivity index is 1.65. The first kappa shape index (κ1) is 32.4. The molecule has 0 aromatic heterocycles. The average molecular weight is 598 g/mol. The van der Waals surface area contributed by atoms with Gasteiger partial charge in [0, 0.05) is 0 Å². The third-order valence-electron chi connectivity index (χ3n) is 8.87. The minimum absolute atomic E-state index is 0.00183. The Morgan fingerprint density at radius 1 is 1.19 bits per heavy atom. The van der Waals surface area contributed by atoms with Crippen LogP contribution in [0.15, 0.2) is 28.7 Å². The summed E-state index contributed by atoms with van der Waals surface area (Å²) in [6.07, 6.45) is 5.21. The number of nitrogens with two attached hydrogens (primary N) is 1. The number of carbonyl (C=O) groups excluding carboxylic acids is 3. The molecule has 0 unspecified atom stereocenters. The second-order valence-electron chi connectivity index (χ2n) is 11.9. The summed E-state index contributed by atoms with van der Waals surface area (Å²) in [7, 11) is 6.95. The molecular weight excluding hydrogens is 558 g/mol. The van der Waals surface area contributed by atoms with Crippen LogP contribution >= 0.6 is 0 Å². The molecule has 8 N–H and O–H groups in total. The topological polar surface area (TPSA) is 185 Å². The number of phenolic OH excluding ortho intramolecular Hbond substituents is 1. The molecule has 1 aromatic rings. The Morgan fingerprint density at radius 3 is 2.49 bits per heavy atom. The van der Waals surface area contributed by atoms with Crippen LogP contribution in [0.5, 0.6) is 5.75 Å². The summed E-state index contributed by atoms with van der Waals surface area (Å²) in [5.41, 5.74) is 1.22. The third kappa shape index (κ3) is 5.61. The standard InChI is InChI=1S/C30H40BFN4O7/c1-4-5-6-7-8-9-34-13-19(37)35-18-12-17(32)15-10-14-11-16-23(36(2)3)26(40)22(29(33)42)27(31)30(16,43)28(41)20(14)25(39)21(15)24(18)38/h12,14,16,23,31,34,38,40-41,43H,4-11,13H2,1-3H3,(H2,33,42)(H,35,37)/t14-,16-,23-,30+/m0/s1. The first-order chi connectivity index (χ1) is 20.3. The molecule has 0 fully saturated rings. The first-order valence-electron chi connectivity index (χ1n) is 14.6. The maximum absolute atomic E-state index is 15.4. The average Bonchev–Trinajstić information content (AvgIpc) is 2.92. The number of phenols is 1. The van der Waals surface area contributed by atoms with Crippen molar-refractivity contribution in [1.29, 1.82) is 0 Å². The Morgan fingerprint density at radius 2 is 1.86 bits per heavy atom. The van der Waals surface area contributed by atoms with Crippen LogP contribution in [-0.4, -0.2) is 94.7 Å². The molecule has 11 nitrogen and oxygen atoms in total. The fourth-order valence-corrected chi connectivity index (χ4v) is 6.78. The number of rotatable bonds is 11. The van der Waals surface area contributed by atoms with Crippen molar-refractivity contribution in [1.82, 2.24) is 10.2 Å². The number of carbonyl (C=O) groups is 3. The van der Waals surface area contributed by atoms with E-state index in [0.29, 0.717) is 6.54 Å². The van der Waals surface area contributed by atoms with Gasteiger partial charge in [0.2, 0.25) is 0 Å². The summed E-state index contributed by atoms with van der Waals surface area (Å²) in [6, 6.07) is -0.0321. The molecule has 3 aliphatic carbocycles. The number of allylic oxidation sites excluding steroid dienone is 1. The van der Waals surface area contributed by atoms with Crippen molar-refractivity contribution in [3.63, 3.8) is 0 Å². The third-order valence-corrected chi connectivity index (χ3v) is 8.87. The molecule has 0 bridgehead atoms. The summed E-state index contributed by atoms with van der Waals surface area (Å²) in [4.78, 5) is 40.2. The maximum atomic E-state index is 15.4. The number of aromatic hydroxyl groups is 1. The molecule has 1 aromatic carbocycles. The number of fused-ring (bicyclic) bond motifs is 3. The quantitative estimate of drug-likeness (QED) is 0.112. The van der Waals surface area contributed by atoms with Gasteiger partial charge in [0.05, 0.1) is 0 Å². The zero-order chi connectivity index (χ0) is 31.8. The zero-order valence-electron chi connectivity index (χ0n) is 24.8. The molecule has 0 heterocycles. The molecule has 2 amide bonds. The molecular formula is C30H40BFN4O7. The molecule has 0 spiro atoms. The number of amides is 2. The zero-order valence-corrected chi connectivity index (χ0v) is 24.8. The van der Waals surface area contributed by atoms with Crippen LogP contribution in [0.25, 0.3) is 0 Å². The number of ketones is 1. The molecule has 43 heavy (non-hydrogen) atoms. The van der Waals surface area contributed by atoms with E-state index in [1.807, 2.05) is 0 Å². The van der Waals surface area contributed by atoms with Crippen molar-refractivity contribution in [2.45, 2.75) is 63.5 Å². The Kier molecular flexibility index (Phi) is 9.48. The summed E-state index contributed by atoms with van der Waals surface area (Å²) in [5.74, 6) is -7.03. The number of likely N-dealkylation sites (N-methyl/N-ethyl adjacent to an activating group) is 1. The van der Waals surface area contributed by atoms with E-state index in [1.54, 1.807) is 19.0 Å². The Bertz CT molecular complexity index is 1430. The van der Waals surface area contributed by atoms with Gasteiger partial charge in [0.1, 0.15) is 0 Å². The Hall–Kier alpha value is -3.55. The number of hydrogen-bond donors (Lipinski definition) is 7. The Labute approximate surface area is 250 Å². The summed E-state index contributed by atoms with van der Waals surface area (Å²) < 4.78 is 15.4. The normalized spacial score (nSPS) is 25.0. The van der Waals surface area contributed by atoms with Crippen LogP contribution in [0.4, 0.5) is 10.1 Å². The van der Waals surface area contributed by atoms with E-state index in [2.05, 4.69) is 25.0 Å². The van der Waals surface area contributed by atoms with Gasteiger partial charge in [-0.2, -0.15) is 0 Å². The first-order valence-corrected chi connectivity index (χ1v) is 14.6. The molecule has 232 valence electrons. The predicted molar refractivity (Wildman–Crippen MR) is 161 cm³/mol. The van der Waals surface area contributed by atoms with Crippen LogP contribution < -0.4 is 16.4 Å². The summed E-state index contributed by atoms with van der Waals surface area (Å²) in [5, 5.41) is 50.8. The predicted octanol–water partition coefficient (Wildman–Crippen LogP) is 1.26. The van der Waals surface area contributed by atoms with E-state index in [0.717, 1.165) is 38.2 Å². The monoisotopic (exact) mass is 598 g/mol. The van der Waals surface area contributed by atoms with E-state index in [9.17, 15) is 34.8 Å². The van der Waals surface area contributed by atoms with E-state index >= 15 is 4.39 Å². The number of aliphatic hydroxyl groups excluding tert-OH is 2. The van der Waals surface area contributed by atoms with Crippen LogP contribution in [0.2, 0.25) is 0 Å². The van der Waals surface area contributed by atoms with E-state index in [4.69, 9.17) is 5.73 Å². The van der Waals surface area contributed by atoms with Gasteiger partial charge in [-0.15, -0.1) is 0 Å². The number of hydrogen-bond acceptors (Lipinski definition) is 9. The van der Waals surface area contributed by atoms with Crippen molar-refractivity contribution < 1.29 is 39.2 Å². The van der Waals surface area contributed by atoms with Gasteiger partial charge < -0.3 is 0 Å². The van der Waals surface area contributed by atoms with Gasteiger partial charge in [-0.25, -0.2) is 0 Å². The fraction of sp³-hybridized carbons (Fsp3) is 0.533. The number of nitrogens with one attached hydrogen (secondary N) is 2. The molecule has 13 heteroatoms. The summed E-state index contributed by atoms with van der Waals surface area (Å²) in [6.45, 7) is 2.66. The van der Waals surface area contributed by atoms with Gasteiger partial charge in [-0.1, -0.05) is 32.6 Å². The van der Waals surface area contributed by atoms with Crippen molar-refractivity contribution in [2.24, 2.45) is 17.6 Å². The van der Waals surface area contributed by atoms with E-state index in [1.165, 1.54) is 0 Å². The number of unbranched alkanes of at least 4 members (excludes halogenated alkanes) is 4. The number of halogens is 1. The number of Topliss-reactive ketones (excluding diaryl/α,β-unsaturated/α-hetero) is 1. The molecule has 0 aliphatic heterocycles. The number of nitrogens with zero attached hydrogens (tertiary/aromatic N) is 1. The van der Waals surface area contributed by atoms with E-state index in [-0.39, 0.29) is 41.7 Å². The van der Waals surface area contributed by atoms with Crippen LogP contribution in [0.3, 0.4) is 0 Å². The van der Waals surface area contributed by atoms with Crippen LogP contribution in [0, 0.1) is 17.7 Å². The van der Waals surface area contributed by atoms with Gasteiger partial charge in [-0.05, 0) is 13.0 Å². The molecule has 3 aliphatic rings. The molecule has 0 saturated carbocycles. The second kappa shape index (κ2) is 12.6. The molecule has 0 radical (unpaired) electrons. The van der Waals surface area contributed by atoms with Crippen LogP contribution in [-0.2, 0) is 16.0 Å². The minimum atomic E-state index is -2.35. The van der Waals surface area contributed by atoms with Crippen molar-refractivity contribution in [3.8, 4) is 5.75 Å². The van der Waals surface area contributed by atoms with Gasteiger partial charge in [0.15, 0.2) is 0 Å². The van der Waals surface area contributed by atoms with Crippen molar-refractivity contribution >= 4 is 36.2 Å². The number of primary amides is 1. The summed E-state index contributed by atoms with van der Waals surface area (Å²) >= 11 is 0. The van der Waals surface area contributed by atoms with Crippen molar-refractivity contribution in [2.75, 3.05) is 32.5 Å². The molecule has 0 saturated heterocycles.